The van der Waals surface area contributed by atoms with Gasteiger partial charge in [0.15, 0.2) is 0 Å². The zero-order valence-corrected chi connectivity index (χ0v) is 16.6. The van der Waals surface area contributed by atoms with Gasteiger partial charge in [-0.2, -0.15) is 0 Å². The molecule has 0 saturated carbocycles. The van der Waals surface area contributed by atoms with Crippen LogP contribution >= 0.6 is 0 Å². The largest absolute Gasteiger partial charge is 0.460 e. The molecule has 1 heterocycles. The third kappa shape index (κ3) is 3.13. The first kappa shape index (κ1) is 18.1. The second kappa shape index (κ2) is 7.49. The van der Waals surface area contributed by atoms with Crippen LogP contribution in [0.3, 0.4) is 0 Å². The van der Waals surface area contributed by atoms with Gasteiger partial charge >= 0.3 is 0 Å². The van der Waals surface area contributed by atoms with Crippen LogP contribution in [0.25, 0.3) is 33.4 Å². The highest BCUT2D eigenvalue weighted by Gasteiger charge is 2.14. The molecule has 144 valence electrons. The Kier molecular flexibility index (Phi) is 4.53. The van der Waals surface area contributed by atoms with E-state index < -0.39 is 0 Å². The van der Waals surface area contributed by atoms with E-state index in [1.165, 1.54) is 0 Å². The van der Waals surface area contributed by atoms with Crippen LogP contribution in [0.2, 0.25) is 0 Å². The van der Waals surface area contributed by atoms with E-state index >= 15 is 0 Å². The fourth-order valence-electron chi connectivity index (χ4n) is 3.97. The summed E-state index contributed by atoms with van der Waals surface area (Å²) >= 11 is 0. The zero-order chi connectivity index (χ0) is 20.5. The van der Waals surface area contributed by atoms with Crippen LogP contribution in [-0.2, 0) is 0 Å². The number of benzene rings is 4. The van der Waals surface area contributed by atoms with Crippen LogP contribution in [0.5, 0.6) is 0 Å². The Bertz CT molecular complexity index is 1400. The zero-order valence-electron chi connectivity index (χ0n) is 16.6. The molecule has 0 amide bonds. The van der Waals surface area contributed by atoms with Gasteiger partial charge in [0.1, 0.15) is 11.3 Å². The standard InChI is InChI=1S/C28H20O2/c1-19-24(18-25(20-10-4-2-5-11-20)21-12-6-3-7-13-21)28(29)27-23-15-9-8-14-22(23)16-17-26(27)30-19/h2-18H,1H3. The highest BCUT2D eigenvalue weighted by Crippen LogP contribution is 2.29. The van der Waals surface area contributed by atoms with Crippen molar-refractivity contribution in [2.24, 2.45) is 0 Å². The van der Waals surface area contributed by atoms with E-state index in [9.17, 15) is 4.79 Å². The SMILES string of the molecule is Cc1oc2ccc3ccccc3c2c(=O)c1C=C(c1ccccc1)c1ccccc1. The molecule has 2 heteroatoms. The molecule has 0 fully saturated rings. The van der Waals surface area contributed by atoms with Gasteiger partial charge in [-0.05, 0) is 46.5 Å². The van der Waals surface area contributed by atoms with Gasteiger partial charge in [0.25, 0.3) is 0 Å². The van der Waals surface area contributed by atoms with Crippen LogP contribution in [0.15, 0.2) is 106 Å². The van der Waals surface area contributed by atoms with Crippen molar-refractivity contribution in [2.75, 3.05) is 0 Å². The summed E-state index contributed by atoms with van der Waals surface area (Å²) in [7, 11) is 0. The van der Waals surface area contributed by atoms with Gasteiger partial charge < -0.3 is 4.42 Å². The summed E-state index contributed by atoms with van der Waals surface area (Å²) in [6.45, 7) is 1.86. The van der Waals surface area contributed by atoms with E-state index in [1.54, 1.807) is 0 Å². The lowest BCUT2D eigenvalue weighted by atomic mass is 9.94. The molecule has 0 bridgehead atoms. The van der Waals surface area contributed by atoms with Crippen LogP contribution in [0.4, 0.5) is 0 Å². The topological polar surface area (TPSA) is 30.2 Å². The smallest absolute Gasteiger partial charge is 0.200 e. The van der Waals surface area contributed by atoms with Gasteiger partial charge in [-0.15, -0.1) is 0 Å². The van der Waals surface area contributed by atoms with Crippen molar-refractivity contribution in [1.82, 2.24) is 0 Å². The van der Waals surface area contributed by atoms with Crippen LogP contribution in [0, 0.1) is 6.92 Å². The number of aryl methyl sites for hydroxylation is 1. The molecule has 0 N–H and O–H groups in total. The minimum absolute atomic E-state index is 0.00471. The normalized spacial score (nSPS) is 11.0. The summed E-state index contributed by atoms with van der Waals surface area (Å²) in [5.74, 6) is 0.618. The molecular formula is C28H20O2. The van der Waals surface area contributed by atoms with Crippen molar-refractivity contribution >= 4 is 33.4 Å². The summed E-state index contributed by atoms with van der Waals surface area (Å²) < 4.78 is 6.11. The number of fused-ring (bicyclic) bond motifs is 3. The summed E-state index contributed by atoms with van der Waals surface area (Å²) in [6.07, 6.45) is 1.97. The summed E-state index contributed by atoms with van der Waals surface area (Å²) in [5, 5.41) is 2.58. The predicted octanol–water partition coefficient (Wildman–Crippen LogP) is 6.84. The molecule has 0 atom stereocenters. The molecule has 0 unspecified atom stereocenters. The number of hydrogen-bond acceptors (Lipinski definition) is 2. The van der Waals surface area contributed by atoms with Gasteiger partial charge in [0, 0.05) is 0 Å². The molecule has 0 spiro atoms. The lowest BCUT2D eigenvalue weighted by Crippen LogP contribution is -2.09. The van der Waals surface area contributed by atoms with E-state index in [2.05, 4.69) is 24.3 Å². The number of rotatable bonds is 3. The van der Waals surface area contributed by atoms with Crippen molar-refractivity contribution < 1.29 is 4.42 Å². The first-order valence-corrected chi connectivity index (χ1v) is 10.00. The Balaban J connectivity index is 1.84. The van der Waals surface area contributed by atoms with Crippen molar-refractivity contribution in [3.8, 4) is 0 Å². The predicted molar refractivity (Wildman–Crippen MR) is 125 cm³/mol. The third-order valence-corrected chi connectivity index (χ3v) is 5.46. The average molecular weight is 388 g/mol. The molecule has 4 aromatic carbocycles. The van der Waals surface area contributed by atoms with Crippen molar-refractivity contribution in [1.29, 1.82) is 0 Å². The van der Waals surface area contributed by atoms with E-state index in [0.29, 0.717) is 22.3 Å². The molecule has 0 saturated heterocycles. The van der Waals surface area contributed by atoms with E-state index in [4.69, 9.17) is 4.42 Å². The molecule has 0 radical (unpaired) electrons. The quantitative estimate of drug-likeness (QED) is 0.317. The lowest BCUT2D eigenvalue weighted by Gasteiger charge is -2.11. The van der Waals surface area contributed by atoms with E-state index in [-0.39, 0.29) is 5.43 Å². The summed E-state index contributed by atoms with van der Waals surface area (Å²) in [5.41, 5.74) is 4.30. The first-order chi connectivity index (χ1) is 14.7. The van der Waals surface area contributed by atoms with Crippen LogP contribution in [-0.4, -0.2) is 0 Å². The van der Waals surface area contributed by atoms with Gasteiger partial charge in [0.05, 0.1) is 10.9 Å². The average Bonchev–Trinajstić information content (AvgIpc) is 2.80. The third-order valence-electron chi connectivity index (χ3n) is 5.46. The van der Waals surface area contributed by atoms with Crippen molar-refractivity contribution in [3.63, 3.8) is 0 Å². The fourth-order valence-corrected chi connectivity index (χ4v) is 3.97. The fraction of sp³-hybridized carbons (Fsp3) is 0.0357. The summed E-state index contributed by atoms with van der Waals surface area (Å²) in [4.78, 5) is 13.7. The highest BCUT2D eigenvalue weighted by atomic mass is 16.3. The minimum Gasteiger partial charge on any atom is -0.460 e. The maximum Gasteiger partial charge on any atom is 0.200 e. The van der Waals surface area contributed by atoms with E-state index in [1.807, 2.05) is 85.8 Å². The molecule has 0 aliphatic carbocycles. The lowest BCUT2D eigenvalue weighted by molar-refractivity contribution is 0.563. The van der Waals surface area contributed by atoms with Crippen molar-refractivity contribution in [3.05, 3.63) is 130 Å². The molecule has 30 heavy (non-hydrogen) atoms. The molecule has 0 aliphatic rings. The van der Waals surface area contributed by atoms with Crippen LogP contribution in [0.1, 0.15) is 22.5 Å². The molecule has 5 aromatic rings. The Hall–Kier alpha value is -3.91. The molecule has 2 nitrogen and oxygen atoms in total. The Morgan fingerprint density at radius 2 is 1.33 bits per heavy atom. The Morgan fingerprint density at radius 3 is 2.00 bits per heavy atom. The Morgan fingerprint density at radius 1 is 0.733 bits per heavy atom. The monoisotopic (exact) mass is 388 g/mol. The number of hydrogen-bond donors (Lipinski definition) is 0. The van der Waals surface area contributed by atoms with Gasteiger partial charge in [-0.1, -0.05) is 91.0 Å². The first-order valence-electron chi connectivity index (χ1n) is 10.00. The molecule has 5 rings (SSSR count). The molecular weight excluding hydrogens is 368 g/mol. The second-order valence-corrected chi connectivity index (χ2v) is 7.35. The van der Waals surface area contributed by atoms with Crippen LogP contribution < -0.4 is 5.43 Å². The minimum atomic E-state index is -0.00471. The second-order valence-electron chi connectivity index (χ2n) is 7.35. The molecule has 1 aromatic heterocycles. The maximum atomic E-state index is 13.7. The Labute approximate surface area is 174 Å². The van der Waals surface area contributed by atoms with Crippen molar-refractivity contribution in [2.45, 2.75) is 6.92 Å². The maximum absolute atomic E-state index is 13.7. The molecule has 0 aliphatic heterocycles. The van der Waals surface area contributed by atoms with Gasteiger partial charge in [-0.3, -0.25) is 4.79 Å². The highest BCUT2D eigenvalue weighted by molar-refractivity contribution is 6.06. The van der Waals surface area contributed by atoms with Gasteiger partial charge in [0.2, 0.25) is 5.43 Å². The van der Waals surface area contributed by atoms with Gasteiger partial charge in [-0.25, -0.2) is 0 Å². The summed E-state index contributed by atoms with van der Waals surface area (Å²) in [6, 6.07) is 32.1. The van der Waals surface area contributed by atoms with E-state index in [0.717, 1.165) is 27.5 Å².